The Hall–Kier alpha value is -3.85. The number of nitrogens with two attached hydrogens (primary N) is 1. The highest BCUT2D eigenvalue weighted by atomic mass is 16.5. The lowest BCUT2D eigenvalue weighted by Crippen LogP contribution is -2.52. The van der Waals surface area contributed by atoms with Gasteiger partial charge in [0.05, 0.1) is 23.8 Å². The number of likely N-dealkylation sites (tertiary alicyclic amines) is 2. The van der Waals surface area contributed by atoms with Gasteiger partial charge in [0.25, 0.3) is 5.91 Å². The van der Waals surface area contributed by atoms with Gasteiger partial charge in [0, 0.05) is 67.6 Å². The van der Waals surface area contributed by atoms with E-state index in [1.807, 2.05) is 49.8 Å². The number of aromatic nitrogens is 3. The molecule has 2 amide bonds. The molecule has 4 fully saturated rings. The summed E-state index contributed by atoms with van der Waals surface area (Å²) in [6.45, 7) is 9.15. The van der Waals surface area contributed by atoms with Gasteiger partial charge in [-0.25, -0.2) is 4.98 Å². The van der Waals surface area contributed by atoms with Gasteiger partial charge in [0.2, 0.25) is 5.91 Å². The van der Waals surface area contributed by atoms with Gasteiger partial charge in [-0.3, -0.25) is 9.59 Å². The molecule has 2 N–H and O–H groups in total. The topological polar surface area (TPSA) is 98.6 Å². The van der Waals surface area contributed by atoms with Gasteiger partial charge < -0.3 is 29.4 Å². The third kappa shape index (κ3) is 4.48. The van der Waals surface area contributed by atoms with Crippen molar-refractivity contribution in [3.05, 3.63) is 47.5 Å². The second kappa shape index (κ2) is 10.1. The zero-order valence-electron chi connectivity index (χ0n) is 27.0. The van der Waals surface area contributed by atoms with Crippen molar-refractivity contribution in [2.45, 2.75) is 71.0 Å². The third-order valence-electron chi connectivity index (χ3n) is 10.9. The molecule has 4 aliphatic rings. The Kier molecular flexibility index (Phi) is 6.41. The first-order valence-corrected chi connectivity index (χ1v) is 16.6. The molecule has 4 aromatic rings. The number of ether oxygens (including phenoxy) is 1. The fourth-order valence-electron chi connectivity index (χ4n) is 8.20. The fourth-order valence-corrected chi connectivity index (χ4v) is 8.20. The van der Waals surface area contributed by atoms with E-state index >= 15 is 0 Å². The number of carbonyl (C=O) groups excluding carboxylic acids is 2. The highest BCUT2D eigenvalue weighted by molar-refractivity contribution is 6.00. The molecule has 236 valence electrons. The van der Waals surface area contributed by atoms with Crippen LogP contribution in [0.3, 0.4) is 0 Å². The quantitative estimate of drug-likeness (QED) is 0.327. The molecular weight excluding hydrogens is 564 g/mol. The van der Waals surface area contributed by atoms with E-state index in [1.165, 1.54) is 29.3 Å². The number of aryl methyl sites for hydroxylation is 1. The molecule has 9 heteroatoms. The average Bonchev–Trinajstić information content (AvgIpc) is 3.37. The van der Waals surface area contributed by atoms with Crippen LogP contribution in [0.1, 0.15) is 68.3 Å². The molecule has 45 heavy (non-hydrogen) atoms. The Morgan fingerprint density at radius 2 is 1.80 bits per heavy atom. The first kappa shape index (κ1) is 28.6. The van der Waals surface area contributed by atoms with Crippen LogP contribution in [0.4, 0.5) is 0 Å². The van der Waals surface area contributed by atoms with Crippen molar-refractivity contribution in [3.8, 4) is 17.3 Å². The van der Waals surface area contributed by atoms with Crippen molar-refractivity contribution in [3.63, 3.8) is 0 Å². The summed E-state index contributed by atoms with van der Waals surface area (Å²) in [5.41, 5.74) is 11.9. The van der Waals surface area contributed by atoms with Crippen LogP contribution in [0.15, 0.2) is 36.4 Å². The number of hydrogen-bond acceptors (Lipinski definition) is 5. The minimum atomic E-state index is -0.372. The van der Waals surface area contributed by atoms with Crippen molar-refractivity contribution in [2.24, 2.45) is 30.0 Å². The SMILES string of the molecule is COc1cc(C(=O)N2C[C@H]3CC[C@@H]2C3N)cc2nc(-c3cc4cccc(C5CN(C(=O)C(C)(C)C)C5)c4n3CC3CC3)n(C)c12. The zero-order valence-corrected chi connectivity index (χ0v) is 27.0. The molecule has 2 saturated heterocycles. The zero-order chi connectivity index (χ0) is 31.4. The Bertz CT molecular complexity index is 1850. The predicted octanol–water partition coefficient (Wildman–Crippen LogP) is 5.15. The number of rotatable bonds is 6. The van der Waals surface area contributed by atoms with E-state index in [9.17, 15) is 9.59 Å². The van der Waals surface area contributed by atoms with E-state index in [4.69, 9.17) is 15.5 Å². The van der Waals surface area contributed by atoms with Crippen molar-refractivity contribution in [2.75, 3.05) is 26.7 Å². The highest BCUT2D eigenvalue weighted by Gasteiger charge is 2.47. The molecule has 2 aromatic carbocycles. The largest absolute Gasteiger partial charge is 0.494 e. The van der Waals surface area contributed by atoms with Crippen molar-refractivity contribution >= 4 is 33.8 Å². The number of nitrogens with zero attached hydrogens (tertiary/aromatic N) is 5. The Morgan fingerprint density at radius 1 is 1.02 bits per heavy atom. The maximum Gasteiger partial charge on any atom is 0.254 e. The van der Waals surface area contributed by atoms with Crippen molar-refractivity contribution in [1.29, 1.82) is 0 Å². The lowest BCUT2D eigenvalue weighted by molar-refractivity contribution is -0.144. The van der Waals surface area contributed by atoms with E-state index in [0.717, 1.165) is 61.6 Å². The minimum Gasteiger partial charge on any atom is -0.494 e. The molecule has 0 radical (unpaired) electrons. The van der Waals surface area contributed by atoms with Gasteiger partial charge in [-0.15, -0.1) is 0 Å². The molecule has 2 saturated carbocycles. The second-order valence-electron chi connectivity index (χ2n) is 15.0. The van der Waals surface area contributed by atoms with Gasteiger partial charge in [0.15, 0.2) is 5.82 Å². The van der Waals surface area contributed by atoms with E-state index in [-0.39, 0.29) is 29.3 Å². The molecular formula is C36H44N6O3. The van der Waals surface area contributed by atoms with Crippen LogP contribution >= 0.6 is 0 Å². The molecule has 3 atom stereocenters. The predicted molar refractivity (Wildman–Crippen MR) is 175 cm³/mol. The summed E-state index contributed by atoms with van der Waals surface area (Å²) >= 11 is 0. The van der Waals surface area contributed by atoms with Crippen LogP contribution in [0.25, 0.3) is 33.5 Å². The summed E-state index contributed by atoms with van der Waals surface area (Å²) in [5.74, 6) is 3.09. The molecule has 2 aliphatic heterocycles. The normalized spacial score (nSPS) is 23.4. The number of imidazole rings is 1. The molecule has 8 rings (SSSR count). The van der Waals surface area contributed by atoms with Gasteiger partial charge in [-0.05, 0) is 61.3 Å². The van der Waals surface area contributed by atoms with Crippen LogP contribution in [-0.4, -0.2) is 74.6 Å². The van der Waals surface area contributed by atoms with Crippen molar-refractivity contribution < 1.29 is 14.3 Å². The van der Waals surface area contributed by atoms with Crippen LogP contribution in [-0.2, 0) is 18.4 Å². The van der Waals surface area contributed by atoms with Gasteiger partial charge >= 0.3 is 0 Å². The van der Waals surface area contributed by atoms with Crippen LogP contribution in [0.2, 0.25) is 0 Å². The Labute approximate surface area is 264 Å². The summed E-state index contributed by atoms with van der Waals surface area (Å²) < 4.78 is 10.5. The average molecular weight is 609 g/mol. The monoisotopic (exact) mass is 608 g/mol. The molecule has 2 aromatic heterocycles. The number of amides is 2. The lowest BCUT2D eigenvalue weighted by Gasteiger charge is -2.43. The van der Waals surface area contributed by atoms with E-state index in [2.05, 4.69) is 33.4 Å². The number of piperidine rings is 1. The smallest absolute Gasteiger partial charge is 0.254 e. The van der Waals surface area contributed by atoms with Crippen LogP contribution < -0.4 is 10.5 Å². The standard InChI is InChI=1S/C36H44N6O3/c1-36(2,3)35(44)40-17-24(18-40)25-8-6-7-21-14-28(41(31(21)25)16-20-9-10-20)33-38-26-13-23(15-29(45-5)32(26)39(33)4)34(43)42-19-22-11-12-27(42)30(22)37/h6-8,13-15,20,22,24,27,30H,9-12,16-19,37H2,1-5H3/t22-,27-,30?/m1/s1. The number of benzene rings is 2. The third-order valence-corrected chi connectivity index (χ3v) is 10.9. The maximum atomic E-state index is 13.8. The molecule has 1 unspecified atom stereocenters. The van der Waals surface area contributed by atoms with E-state index in [1.54, 1.807) is 7.11 Å². The Balaban J connectivity index is 1.20. The highest BCUT2D eigenvalue weighted by Crippen LogP contribution is 2.42. The lowest BCUT2D eigenvalue weighted by atomic mass is 9.86. The minimum absolute atomic E-state index is 0.0111. The second-order valence-corrected chi connectivity index (χ2v) is 15.0. The molecule has 4 heterocycles. The Morgan fingerprint density at radius 3 is 2.44 bits per heavy atom. The van der Waals surface area contributed by atoms with Crippen LogP contribution in [0.5, 0.6) is 5.75 Å². The first-order chi connectivity index (χ1) is 21.5. The summed E-state index contributed by atoms with van der Waals surface area (Å²) in [5, 5.41) is 1.19. The number of fused-ring (bicyclic) bond motifs is 4. The number of para-hydroxylation sites is 1. The summed E-state index contributed by atoms with van der Waals surface area (Å²) in [6.07, 6.45) is 4.56. The van der Waals surface area contributed by atoms with Gasteiger partial charge in [-0.1, -0.05) is 39.0 Å². The molecule has 9 nitrogen and oxygen atoms in total. The fraction of sp³-hybridized carbons (Fsp3) is 0.528. The van der Waals surface area contributed by atoms with Crippen LogP contribution in [0, 0.1) is 17.3 Å². The molecule has 2 bridgehead atoms. The van der Waals surface area contributed by atoms with E-state index in [0.29, 0.717) is 29.1 Å². The summed E-state index contributed by atoms with van der Waals surface area (Å²) in [6, 6.07) is 12.8. The number of hydrogen-bond donors (Lipinski definition) is 1. The number of methoxy groups -OCH3 is 1. The van der Waals surface area contributed by atoms with Gasteiger partial charge in [0.1, 0.15) is 11.3 Å². The first-order valence-electron chi connectivity index (χ1n) is 16.6. The molecule has 0 spiro atoms. The van der Waals surface area contributed by atoms with E-state index < -0.39 is 0 Å². The summed E-state index contributed by atoms with van der Waals surface area (Å²) in [7, 11) is 3.70. The van der Waals surface area contributed by atoms with Gasteiger partial charge in [-0.2, -0.15) is 0 Å². The number of carbonyl (C=O) groups is 2. The maximum absolute atomic E-state index is 13.8. The van der Waals surface area contributed by atoms with Crippen molar-refractivity contribution in [1.82, 2.24) is 23.9 Å². The summed E-state index contributed by atoms with van der Waals surface area (Å²) in [4.78, 5) is 35.8. The molecule has 2 aliphatic carbocycles.